The summed E-state index contributed by atoms with van der Waals surface area (Å²) in [5.41, 5.74) is 5.28. The van der Waals surface area contributed by atoms with Crippen LogP contribution in [0.4, 0.5) is 0 Å². The number of carboxylic acids is 1. The summed E-state index contributed by atoms with van der Waals surface area (Å²) < 4.78 is 19.4. The molecule has 0 aliphatic heterocycles. The summed E-state index contributed by atoms with van der Waals surface area (Å²) in [5.74, 6) is -0.947. The Bertz CT molecular complexity index is 390. The summed E-state index contributed by atoms with van der Waals surface area (Å²) in [6, 6.07) is -1.05. The van der Waals surface area contributed by atoms with Crippen LogP contribution in [0.5, 0.6) is 0 Å². The normalized spacial score (nSPS) is 15.8. The Morgan fingerprint density at radius 1 is 1.59 bits per heavy atom. The molecule has 2 atom stereocenters. The number of hydrogen-bond donors (Lipinski definition) is 3. The van der Waals surface area contributed by atoms with E-state index >= 15 is 0 Å². The van der Waals surface area contributed by atoms with Crippen LogP contribution in [0.25, 0.3) is 0 Å². The first-order chi connectivity index (χ1) is 7.78. The summed E-state index contributed by atoms with van der Waals surface area (Å²) in [6.07, 6.45) is 0.514. The minimum absolute atomic E-state index is 0.00645. The number of hydrogen-bond acceptors (Lipinski definition) is 5. The molecule has 0 heterocycles. The van der Waals surface area contributed by atoms with Crippen LogP contribution in [0, 0.1) is 4.78 Å². The number of nitrogens with two attached hydrogens (primary N) is 1. The molecule has 0 spiro atoms. The first-order valence-electron chi connectivity index (χ1n) is 4.96. The van der Waals surface area contributed by atoms with Crippen LogP contribution in [0.15, 0.2) is 23.5 Å². The van der Waals surface area contributed by atoms with Gasteiger partial charge in [-0.3, -0.25) is 9.57 Å². The van der Waals surface area contributed by atoms with Crippen LogP contribution in [-0.2, 0) is 14.5 Å². The summed E-state index contributed by atoms with van der Waals surface area (Å²) in [6.45, 7) is 7.26. The Morgan fingerprint density at radius 3 is 2.65 bits per heavy atom. The minimum atomic E-state index is -2.78. The van der Waals surface area contributed by atoms with Gasteiger partial charge in [-0.1, -0.05) is 13.2 Å². The van der Waals surface area contributed by atoms with Crippen molar-refractivity contribution < 1.29 is 14.1 Å². The third kappa shape index (κ3) is 8.00. The molecule has 98 valence electrons. The predicted octanol–water partition coefficient (Wildman–Crippen LogP) is 1.62. The van der Waals surface area contributed by atoms with Crippen LogP contribution in [0.2, 0.25) is 0 Å². The Balaban J connectivity index is 4.09. The number of allylic oxidation sites excluding steroid dienone is 1. The third-order valence-electron chi connectivity index (χ3n) is 2.04. The summed E-state index contributed by atoms with van der Waals surface area (Å²) in [7, 11) is -2.78. The van der Waals surface area contributed by atoms with Crippen LogP contribution in [-0.4, -0.2) is 32.8 Å². The largest absolute Gasteiger partial charge is 0.480 e. The van der Waals surface area contributed by atoms with Gasteiger partial charge in [0.2, 0.25) is 0 Å². The first-order valence-corrected chi connectivity index (χ1v) is 7.74. The summed E-state index contributed by atoms with van der Waals surface area (Å²) >= 11 is 1.34. The molecule has 0 aromatic carbocycles. The average Bonchev–Trinajstić information content (AvgIpc) is 2.24. The summed E-state index contributed by atoms with van der Waals surface area (Å²) in [4.78, 5) is 11.3. The van der Waals surface area contributed by atoms with Crippen molar-refractivity contribution in [2.45, 2.75) is 18.9 Å². The number of nitrogens with one attached hydrogen (secondary N) is 1. The summed E-state index contributed by atoms with van der Waals surface area (Å²) in [5, 5.41) is 10.2. The highest BCUT2D eigenvalue weighted by Crippen LogP contribution is 2.18. The number of carbonyl (C=O) groups is 1. The van der Waals surface area contributed by atoms with E-state index in [2.05, 4.69) is 13.2 Å². The van der Waals surface area contributed by atoms with Gasteiger partial charge in [-0.2, -0.15) is 0 Å². The molecule has 4 N–H and O–H groups in total. The van der Waals surface area contributed by atoms with E-state index in [0.29, 0.717) is 6.42 Å². The molecule has 5 nitrogen and oxygen atoms in total. The highest BCUT2D eigenvalue weighted by Gasteiger charge is 2.15. The maximum Gasteiger partial charge on any atom is 0.320 e. The Kier molecular flexibility index (Phi) is 7.17. The Hall–Kier alpha value is -0.790. The molecule has 0 saturated carbocycles. The van der Waals surface area contributed by atoms with E-state index in [1.54, 1.807) is 5.41 Å². The topological polar surface area (TPSA) is 104 Å². The van der Waals surface area contributed by atoms with Gasteiger partial charge in [0, 0.05) is 21.2 Å². The predicted molar refractivity (Wildman–Crippen MR) is 72.4 cm³/mol. The van der Waals surface area contributed by atoms with Gasteiger partial charge in [-0.15, -0.1) is 11.8 Å². The maximum absolute atomic E-state index is 11.8. The lowest BCUT2D eigenvalue weighted by molar-refractivity contribution is -0.138. The minimum Gasteiger partial charge on any atom is -0.480 e. The lowest BCUT2D eigenvalue weighted by Crippen LogP contribution is -2.32. The van der Waals surface area contributed by atoms with E-state index in [9.17, 15) is 9.00 Å². The maximum atomic E-state index is 11.8. The van der Waals surface area contributed by atoms with E-state index in [-0.39, 0.29) is 17.9 Å². The molecule has 0 fully saturated rings. The molecule has 0 rings (SSSR count). The molecular weight excluding hydrogens is 260 g/mol. The van der Waals surface area contributed by atoms with Gasteiger partial charge in [0.05, 0.1) is 0 Å². The number of rotatable bonds is 9. The Labute approximate surface area is 106 Å². The molecule has 17 heavy (non-hydrogen) atoms. The number of aliphatic carboxylic acids is 1. The van der Waals surface area contributed by atoms with Crippen LogP contribution >= 0.6 is 11.8 Å². The van der Waals surface area contributed by atoms with Crippen LogP contribution in [0.1, 0.15) is 12.8 Å². The zero-order chi connectivity index (χ0) is 13.5. The van der Waals surface area contributed by atoms with Gasteiger partial charge >= 0.3 is 5.97 Å². The molecule has 0 aromatic heterocycles. The van der Waals surface area contributed by atoms with Crippen molar-refractivity contribution in [2.24, 2.45) is 5.73 Å². The van der Waals surface area contributed by atoms with E-state index in [4.69, 9.17) is 15.6 Å². The quantitative estimate of drug-likeness (QED) is 0.594. The average molecular weight is 278 g/mol. The second-order valence-electron chi connectivity index (χ2n) is 3.53. The molecule has 7 heteroatoms. The van der Waals surface area contributed by atoms with Crippen LogP contribution in [0.3, 0.4) is 0 Å². The van der Waals surface area contributed by atoms with Crippen molar-refractivity contribution in [1.82, 2.24) is 0 Å². The SMILES string of the molecule is C=CSC(=C)CCS(=N)(=O)CC[C@H](N)C(=O)O. The molecule has 0 aliphatic rings. The zero-order valence-corrected chi connectivity index (χ0v) is 11.2. The van der Waals surface area contributed by atoms with Crippen molar-refractivity contribution >= 4 is 27.5 Å². The van der Waals surface area contributed by atoms with Gasteiger partial charge in [-0.05, 0) is 23.2 Å². The fourth-order valence-corrected chi connectivity index (χ4v) is 3.00. The molecule has 0 amide bonds. The fraction of sp³-hybridized carbons (Fsp3) is 0.500. The molecule has 0 saturated heterocycles. The van der Waals surface area contributed by atoms with Crippen molar-refractivity contribution in [3.63, 3.8) is 0 Å². The van der Waals surface area contributed by atoms with Gasteiger partial charge in [0.15, 0.2) is 0 Å². The second-order valence-corrected chi connectivity index (χ2v) is 7.11. The number of carboxylic acid groups (broad SMARTS) is 1. The van der Waals surface area contributed by atoms with Gasteiger partial charge in [0.1, 0.15) is 6.04 Å². The number of thioether (sulfide) groups is 1. The van der Waals surface area contributed by atoms with E-state index < -0.39 is 21.7 Å². The standard InChI is InChI=1S/C10H18N2O3S2/c1-3-16-8(2)4-6-17(12,15)7-5-9(11)10(13)14/h3,9,12H,1-2,4-7,11H2,(H,13,14)/t9-,17?/m0/s1. The van der Waals surface area contributed by atoms with Crippen molar-refractivity contribution in [3.8, 4) is 0 Å². The lowest BCUT2D eigenvalue weighted by Gasteiger charge is -2.10. The highest BCUT2D eigenvalue weighted by molar-refractivity contribution is 8.05. The zero-order valence-electron chi connectivity index (χ0n) is 9.55. The van der Waals surface area contributed by atoms with Gasteiger partial charge < -0.3 is 10.8 Å². The fourth-order valence-electron chi connectivity index (χ4n) is 0.998. The van der Waals surface area contributed by atoms with Crippen molar-refractivity contribution in [3.05, 3.63) is 23.5 Å². The van der Waals surface area contributed by atoms with E-state index in [1.165, 1.54) is 11.8 Å². The molecule has 0 aromatic rings. The second kappa shape index (κ2) is 7.52. The van der Waals surface area contributed by atoms with E-state index in [1.807, 2.05) is 0 Å². The van der Waals surface area contributed by atoms with E-state index in [0.717, 1.165) is 4.91 Å². The monoisotopic (exact) mass is 278 g/mol. The van der Waals surface area contributed by atoms with Gasteiger partial charge in [0.25, 0.3) is 0 Å². The first kappa shape index (κ1) is 16.2. The molecule has 0 bridgehead atoms. The smallest absolute Gasteiger partial charge is 0.320 e. The molecule has 0 aliphatic carbocycles. The lowest BCUT2D eigenvalue weighted by atomic mass is 10.2. The highest BCUT2D eigenvalue weighted by atomic mass is 32.2. The van der Waals surface area contributed by atoms with Crippen LogP contribution < -0.4 is 5.73 Å². The molecule has 0 radical (unpaired) electrons. The Morgan fingerprint density at radius 2 is 2.18 bits per heavy atom. The molecular formula is C10H18N2O3S2. The van der Waals surface area contributed by atoms with Gasteiger partial charge in [-0.25, -0.2) is 4.21 Å². The third-order valence-corrected chi connectivity index (χ3v) is 4.50. The van der Waals surface area contributed by atoms with Crippen molar-refractivity contribution in [2.75, 3.05) is 11.5 Å². The van der Waals surface area contributed by atoms with Crippen molar-refractivity contribution in [1.29, 1.82) is 4.78 Å². The molecule has 1 unspecified atom stereocenters.